The summed E-state index contributed by atoms with van der Waals surface area (Å²) in [5, 5.41) is 21.1. The molecule has 0 saturated carbocycles. The van der Waals surface area contributed by atoms with E-state index in [0.717, 1.165) is 17.7 Å². The summed E-state index contributed by atoms with van der Waals surface area (Å²) in [6.45, 7) is 5.34. The van der Waals surface area contributed by atoms with Gasteiger partial charge in [-0.05, 0) is 68.0 Å². The van der Waals surface area contributed by atoms with Gasteiger partial charge in [-0.1, -0.05) is 12.1 Å². The molecule has 0 radical (unpaired) electrons. The normalized spacial score (nSPS) is 15.4. The molecule has 0 aliphatic rings. The van der Waals surface area contributed by atoms with Gasteiger partial charge < -0.3 is 20.6 Å². The quantitative estimate of drug-likeness (QED) is 0.478. The minimum Gasteiger partial charge on any atom is -0.383 e. The predicted molar refractivity (Wildman–Crippen MR) is 111 cm³/mol. The SMILES string of the molecule is CCNC(=NCC(C)(O)c1ccsc1)NCC(c1ccc(F)cc1)N(C)C. The molecule has 3 N–H and O–H groups in total. The first kappa shape index (κ1) is 21.3. The Labute approximate surface area is 164 Å². The molecule has 0 amide bonds. The van der Waals surface area contributed by atoms with Gasteiger partial charge in [0.05, 0.1) is 12.6 Å². The van der Waals surface area contributed by atoms with Gasteiger partial charge in [0.25, 0.3) is 0 Å². The van der Waals surface area contributed by atoms with Crippen molar-refractivity contribution in [2.45, 2.75) is 25.5 Å². The summed E-state index contributed by atoms with van der Waals surface area (Å²) >= 11 is 1.56. The van der Waals surface area contributed by atoms with Crippen LogP contribution in [-0.4, -0.2) is 49.7 Å². The Morgan fingerprint density at radius 2 is 1.96 bits per heavy atom. The monoisotopic (exact) mass is 392 g/mol. The Morgan fingerprint density at radius 3 is 2.52 bits per heavy atom. The molecule has 1 aromatic carbocycles. The van der Waals surface area contributed by atoms with Crippen molar-refractivity contribution in [1.29, 1.82) is 0 Å². The molecular formula is C20H29FN4OS. The standard InChI is InChI=1S/C20H29FN4OS/c1-5-22-19(24-14-20(2,26)16-10-11-27-13-16)23-12-18(25(3)4)15-6-8-17(21)9-7-15/h6-11,13,18,26H,5,12,14H2,1-4H3,(H2,22,23,24). The van der Waals surface area contributed by atoms with Gasteiger partial charge in [-0.3, -0.25) is 0 Å². The lowest BCUT2D eigenvalue weighted by Crippen LogP contribution is -2.42. The fraction of sp³-hybridized carbons (Fsp3) is 0.450. The van der Waals surface area contributed by atoms with Crippen LogP contribution in [0.25, 0.3) is 0 Å². The van der Waals surface area contributed by atoms with Crippen LogP contribution in [-0.2, 0) is 5.60 Å². The number of rotatable bonds is 8. The number of halogens is 1. The first-order valence-corrected chi connectivity index (χ1v) is 9.97. The van der Waals surface area contributed by atoms with Gasteiger partial charge in [0.15, 0.2) is 5.96 Å². The van der Waals surface area contributed by atoms with E-state index in [1.807, 2.05) is 37.8 Å². The highest BCUT2D eigenvalue weighted by atomic mass is 32.1. The maximum atomic E-state index is 13.2. The van der Waals surface area contributed by atoms with Crippen LogP contribution in [0.4, 0.5) is 4.39 Å². The van der Waals surface area contributed by atoms with Crippen LogP contribution in [0.5, 0.6) is 0 Å². The Hall–Kier alpha value is -1.96. The number of guanidine groups is 1. The Kier molecular flexibility index (Phi) is 7.77. The zero-order valence-electron chi connectivity index (χ0n) is 16.4. The van der Waals surface area contributed by atoms with Crippen molar-refractivity contribution in [3.63, 3.8) is 0 Å². The molecule has 0 bridgehead atoms. The first-order chi connectivity index (χ1) is 12.8. The lowest BCUT2D eigenvalue weighted by Gasteiger charge is -2.26. The highest BCUT2D eigenvalue weighted by Crippen LogP contribution is 2.23. The zero-order valence-corrected chi connectivity index (χ0v) is 17.2. The molecule has 2 rings (SSSR count). The maximum absolute atomic E-state index is 13.2. The molecule has 5 nitrogen and oxygen atoms in total. The van der Waals surface area contributed by atoms with E-state index in [1.165, 1.54) is 12.1 Å². The van der Waals surface area contributed by atoms with E-state index in [2.05, 4.69) is 20.5 Å². The molecule has 148 valence electrons. The Morgan fingerprint density at radius 1 is 1.26 bits per heavy atom. The average Bonchev–Trinajstić information content (AvgIpc) is 3.16. The molecule has 27 heavy (non-hydrogen) atoms. The zero-order chi connectivity index (χ0) is 19.9. The molecule has 2 atom stereocenters. The minimum absolute atomic E-state index is 0.0619. The third kappa shape index (κ3) is 6.30. The number of hydrogen-bond donors (Lipinski definition) is 3. The van der Waals surface area contributed by atoms with Crippen LogP contribution in [0.15, 0.2) is 46.1 Å². The molecule has 7 heteroatoms. The molecule has 2 aromatic rings. The molecule has 0 aliphatic carbocycles. The molecule has 2 unspecified atom stereocenters. The minimum atomic E-state index is -1.01. The second-order valence-electron chi connectivity index (χ2n) is 6.89. The molecule has 1 aromatic heterocycles. The van der Waals surface area contributed by atoms with Crippen LogP contribution in [0.2, 0.25) is 0 Å². The van der Waals surface area contributed by atoms with Crippen molar-refractivity contribution in [2.75, 3.05) is 33.7 Å². The largest absolute Gasteiger partial charge is 0.383 e. The molecular weight excluding hydrogens is 363 g/mol. The number of thiophene rings is 1. The second-order valence-corrected chi connectivity index (χ2v) is 7.67. The van der Waals surface area contributed by atoms with Crippen molar-refractivity contribution >= 4 is 17.3 Å². The summed E-state index contributed by atoms with van der Waals surface area (Å²) in [7, 11) is 3.97. The summed E-state index contributed by atoms with van der Waals surface area (Å²) < 4.78 is 13.2. The van der Waals surface area contributed by atoms with E-state index >= 15 is 0 Å². The molecule has 0 spiro atoms. The summed E-state index contributed by atoms with van der Waals surface area (Å²) in [5.41, 5.74) is 0.875. The third-order valence-electron chi connectivity index (χ3n) is 4.37. The smallest absolute Gasteiger partial charge is 0.191 e. The third-order valence-corrected chi connectivity index (χ3v) is 5.06. The van der Waals surface area contributed by atoms with Gasteiger partial charge in [-0.2, -0.15) is 11.3 Å². The van der Waals surface area contributed by atoms with Crippen LogP contribution in [0, 0.1) is 5.82 Å². The lowest BCUT2D eigenvalue weighted by atomic mass is 10.00. The van der Waals surface area contributed by atoms with E-state index in [0.29, 0.717) is 12.5 Å². The van der Waals surface area contributed by atoms with Crippen LogP contribution in [0.1, 0.15) is 31.0 Å². The number of hydrogen-bond acceptors (Lipinski definition) is 4. The van der Waals surface area contributed by atoms with Crippen molar-refractivity contribution in [1.82, 2.24) is 15.5 Å². The number of likely N-dealkylation sites (N-methyl/N-ethyl adjacent to an activating group) is 1. The molecule has 0 fully saturated rings. The summed E-state index contributed by atoms with van der Waals surface area (Å²) in [5.74, 6) is 0.400. The fourth-order valence-corrected chi connectivity index (χ4v) is 3.50. The molecule has 1 heterocycles. The topological polar surface area (TPSA) is 59.9 Å². The molecule has 0 aliphatic heterocycles. The number of aliphatic imine (C=N–C) groups is 1. The van der Waals surface area contributed by atoms with Gasteiger partial charge in [0, 0.05) is 13.1 Å². The number of nitrogens with one attached hydrogen (secondary N) is 2. The highest BCUT2D eigenvalue weighted by Gasteiger charge is 2.23. The highest BCUT2D eigenvalue weighted by molar-refractivity contribution is 7.08. The fourth-order valence-electron chi connectivity index (χ4n) is 2.71. The lowest BCUT2D eigenvalue weighted by molar-refractivity contribution is 0.0677. The van der Waals surface area contributed by atoms with Crippen molar-refractivity contribution in [2.24, 2.45) is 4.99 Å². The first-order valence-electron chi connectivity index (χ1n) is 9.02. The molecule has 0 saturated heterocycles. The van der Waals surface area contributed by atoms with Gasteiger partial charge in [0.1, 0.15) is 11.4 Å². The number of benzene rings is 1. The van der Waals surface area contributed by atoms with E-state index < -0.39 is 5.60 Å². The summed E-state index contributed by atoms with van der Waals surface area (Å²) in [6, 6.07) is 8.52. The second kappa shape index (κ2) is 9.82. The van der Waals surface area contributed by atoms with E-state index in [9.17, 15) is 9.50 Å². The van der Waals surface area contributed by atoms with Gasteiger partial charge in [0.2, 0.25) is 0 Å². The van der Waals surface area contributed by atoms with Crippen LogP contribution in [0.3, 0.4) is 0 Å². The number of nitrogens with zero attached hydrogens (tertiary/aromatic N) is 2. The van der Waals surface area contributed by atoms with Gasteiger partial charge >= 0.3 is 0 Å². The van der Waals surface area contributed by atoms with Gasteiger partial charge in [-0.25, -0.2) is 9.38 Å². The van der Waals surface area contributed by atoms with Crippen LogP contribution < -0.4 is 10.6 Å². The van der Waals surface area contributed by atoms with Gasteiger partial charge in [-0.15, -0.1) is 0 Å². The Bertz CT molecular complexity index is 714. The van der Waals surface area contributed by atoms with Crippen molar-refractivity contribution in [3.8, 4) is 0 Å². The van der Waals surface area contributed by atoms with E-state index in [1.54, 1.807) is 30.4 Å². The number of aliphatic hydroxyl groups is 1. The predicted octanol–water partition coefficient (Wildman–Crippen LogP) is 2.95. The Balaban J connectivity index is 2.06. The van der Waals surface area contributed by atoms with E-state index in [4.69, 9.17) is 0 Å². The maximum Gasteiger partial charge on any atom is 0.191 e. The summed E-state index contributed by atoms with van der Waals surface area (Å²) in [4.78, 5) is 6.63. The van der Waals surface area contributed by atoms with Crippen molar-refractivity contribution < 1.29 is 9.50 Å². The van der Waals surface area contributed by atoms with Crippen LogP contribution >= 0.6 is 11.3 Å². The van der Waals surface area contributed by atoms with E-state index in [-0.39, 0.29) is 18.4 Å². The summed E-state index contributed by atoms with van der Waals surface area (Å²) in [6.07, 6.45) is 0. The van der Waals surface area contributed by atoms with Crippen molar-refractivity contribution in [3.05, 3.63) is 58.0 Å². The average molecular weight is 393 g/mol.